The number of aromatic nitrogens is 2. The molecule has 1 N–H and O–H groups in total. The van der Waals surface area contributed by atoms with Gasteiger partial charge in [0.15, 0.2) is 0 Å². The van der Waals surface area contributed by atoms with Gasteiger partial charge in [-0.2, -0.15) is 0 Å². The van der Waals surface area contributed by atoms with Crippen LogP contribution in [0.1, 0.15) is 33.6 Å². The van der Waals surface area contributed by atoms with Gasteiger partial charge in [0.05, 0.1) is 0 Å². The molecule has 0 saturated carbocycles. The average molecular weight is 228 g/mol. The van der Waals surface area contributed by atoms with Crippen LogP contribution in [-0.2, 0) is 0 Å². The molecule has 1 aromatic heterocycles. The Bertz CT molecular complexity index is 446. The maximum atomic E-state index is 13.0. The van der Waals surface area contributed by atoms with Crippen molar-refractivity contribution >= 4 is 6.20 Å². The Kier molecular flexibility index (Phi) is 6.83. The SMILES string of the molecule is CC.CCC/C(F)=C\n1ccc(=O)[nH]c1=O. The number of aromatic amines is 1. The maximum absolute atomic E-state index is 13.0. The second-order valence-electron chi connectivity index (χ2n) is 2.84. The van der Waals surface area contributed by atoms with E-state index in [1.165, 1.54) is 6.20 Å². The monoisotopic (exact) mass is 228 g/mol. The lowest BCUT2D eigenvalue weighted by Gasteiger charge is -1.97. The van der Waals surface area contributed by atoms with Gasteiger partial charge in [-0.15, -0.1) is 0 Å². The molecule has 0 aromatic carbocycles. The molecule has 0 aliphatic heterocycles. The lowest BCUT2D eigenvalue weighted by atomic mass is 10.3. The van der Waals surface area contributed by atoms with Crippen LogP contribution in [-0.4, -0.2) is 9.55 Å². The first-order valence-electron chi connectivity index (χ1n) is 5.31. The van der Waals surface area contributed by atoms with Crippen LogP contribution in [0.5, 0.6) is 0 Å². The second kappa shape index (κ2) is 7.62. The Labute approximate surface area is 93.4 Å². The van der Waals surface area contributed by atoms with E-state index < -0.39 is 11.2 Å². The first-order valence-corrected chi connectivity index (χ1v) is 5.31. The average Bonchev–Trinajstić information content (AvgIpc) is 2.26. The molecule has 0 spiro atoms. The van der Waals surface area contributed by atoms with E-state index in [0.717, 1.165) is 16.8 Å². The molecule has 16 heavy (non-hydrogen) atoms. The van der Waals surface area contributed by atoms with E-state index in [1.807, 2.05) is 25.8 Å². The van der Waals surface area contributed by atoms with Crippen LogP contribution >= 0.6 is 0 Å². The molecule has 0 unspecified atom stereocenters. The summed E-state index contributed by atoms with van der Waals surface area (Å²) in [7, 11) is 0. The van der Waals surface area contributed by atoms with Gasteiger partial charge in [-0.05, 0) is 6.42 Å². The van der Waals surface area contributed by atoms with Gasteiger partial charge in [-0.1, -0.05) is 20.8 Å². The highest BCUT2D eigenvalue weighted by atomic mass is 19.1. The van der Waals surface area contributed by atoms with Crippen molar-refractivity contribution in [1.29, 1.82) is 0 Å². The number of rotatable bonds is 3. The van der Waals surface area contributed by atoms with Crippen LogP contribution in [0.25, 0.3) is 6.20 Å². The highest BCUT2D eigenvalue weighted by Gasteiger charge is 1.96. The molecule has 5 heteroatoms. The summed E-state index contributed by atoms with van der Waals surface area (Å²) in [5, 5.41) is 0. The number of halogens is 1. The molecular weight excluding hydrogens is 211 g/mol. The van der Waals surface area contributed by atoms with E-state index in [2.05, 4.69) is 0 Å². The fourth-order valence-corrected chi connectivity index (χ4v) is 0.983. The predicted molar refractivity (Wildman–Crippen MR) is 63.0 cm³/mol. The van der Waals surface area contributed by atoms with Crippen LogP contribution < -0.4 is 11.2 Å². The van der Waals surface area contributed by atoms with Gasteiger partial charge in [0, 0.05) is 24.9 Å². The Hall–Kier alpha value is -1.65. The first kappa shape index (κ1) is 14.3. The summed E-state index contributed by atoms with van der Waals surface area (Å²) in [6.07, 6.45) is 3.25. The van der Waals surface area contributed by atoms with Crippen molar-refractivity contribution in [2.75, 3.05) is 0 Å². The standard InChI is InChI=1S/C9H11FN2O2.C2H6/c1-2-3-7(10)6-12-5-4-8(13)11-9(12)14;1-2/h4-6H,2-3H2,1H3,(H,11,13,14);1-2H3/b7-6+;. The molecule has 0 bridgehead atoms. The van der Waals surface area contributed by atoms with Gasteiger partial charge in [0.25, 0.3) is 5.56 Å². The molecule has 4 nitrogen and oxygen atoms in total. The zero-order valence-corrected chi connectivity index (χ0v) is 9.79. The molecule has 1 heterocycles. The van der Waals surface area contributed by atoms with Crippen molar-refractivity contribution in [2.45, 2.75) is 33.6 Å². The predicted octanol–water partition coefficient (Wildman–Crippen LogP) is 2.13. The minimum Gasteiger partial charge on any atom is -0.274 e. The van der Waals surface area contributed by atoms with Crippen LogP contribution in [0.4, 0.5) is 4.39 Å². The van der Waals surface area contributed by atoms with E-state index in [-0.39, 0.29) is 12.2 Å². The molecule has 0 fully saturated rings. The molecule has 1 rings (SSSR count). The summed E-state index contributed by atoms with van der Waals surface area (Å²) in [5.41, 5.74) is -1.13. The second-order valence-corrected chi connectivity index (χ2v) is 2.84. The van der Waals surface area contributed by atoms with E-state index in [1.54, 1.807) is 0 Å². The quantitative estimate of drug-likeness (QED) is 0.861. The minimum atomic E-state index is -0.635. The topological polar surface area (TPSA) is 54.9 Å². The van der Waals surface area contributed by atoms with Crippen molar-refractivity contribution in [3.63, 3.8) is 0 Å². The van der Waals surface area contributed by atoms with Crippen LogP contribution in [0.2, 0.25) is 0 Å². The van der Waals surface area contributed by atoms with Gasteiger partial charge in [0.1, 0.15) is 5.83 Å². The fourth-order valence-electron chi connectivity index (χ4n) is 0.983. The number of H-pyrrole nitrogens is 1. The van der Waals surface area contributed by atoms with Crippen molar-refractivity contribution in [2.24, 2.45) is 0 Å². The first-order chi connectivity index (χ1) is 7.63. The van der Waals surface area contributed by atoms with Crippen LogP contribution in [0.3, 0.4) is 0 Å². The Morgan fingerprint density at radius 3 is 2.62 bits per heavy atom. The summed E-state index contributed by atoms with van der Waals surface area (Å²) in [4.78, 5) is 23.8. The molecule has 1 aromatic rings. The number of allylic oxidation sites excluding steroid dienone is 1. The molecular formula is C11H17FN2O2. The van der Waals surface area contributed by atoms with E-state index in [0.29, 0.717) is 6.42 Å². The summed E-state index contributed by atoms with van der Waals surface area (Å²) >= 11 is 0. The minimum absolute atomic E-state index is 0.283. The van der Waals surface area contributed by atoms with Crippen LogP contribution in [0.15, 0.2) is 27.7 Å². The number of nitrogens with zero attached hydrogens (tertiary/aromatic N) is 1. The Balaban J connectivity index is 0.00000106. The molecule has 0 aliphatic rings. The lowest BCUT2D eigenvalue weighted by molar-refractivity contribution is 0.585. The van der Waals surface area contributed by atoms with E-state index >= 15 is 0 Å². The van der Waals surface area contributed by atoms with Crippen molar-refractivity contribution in [1.82, 2.24) is 9.55 Å². The van der Waals surface area contributed by atoms with Crippen LogP contribution in [0, 0.1) is 0 Å². The van der Waals surface area contributed by atoms with E-state index in [9.17, 15) is 14.0 Å². The third kappa shape index (κ3) is 4.72. The molecule has 0 radical (unpaired) electrons. The number of hydrogen-bond donors (Lipinski definition) is 1. The highest BCUT2D eigenvalue weighted by Crippen LogP contribution is 2.05. The van der Waals surface area contributed by atoms with Gasteiger partial charge in [0.2, 0.25) is 0 Å². The largest absolute Gasteiger partial charge is 0.332 e. The lowest BCUT2D eigenvalue weighted by Crippen LogP contribution is -2.25. The zero-order chi connectivity index (χ0) is 12.6. The Morgan fingerprint density at radius 2 is 2.12 bits per heavy atom. The van der Waals surface area contributed by atoms with Crippen molar-refractivity contribution in [3.05, 3.63) is 38.9 Å². The summed E-state index contributed by atoms with van der Waals surface area (Å²) in [6, 6.07) is 1.16. The number of nitrogens with one attached hydrogen (secondary N) is 1. The summed E-state index contributed by atoms with van der Waals surface area (Å²) in [6.45, 7) is 5.84. The molecule has 90 valence electrons. The molecule has 0 saturated heterocycles. The van der Waals surface area contributed by atoms with Gasteiger partial charge >= 0.3 is 5.69 Å². The highest BCUT2D eigenvalue weighted by molar-refractivity contribution is 5.25. The van der Waals surface area contributed by atoms with Gasteiger partial charge in [-0.3, -0.25) is 14.3 Å². The van der Waals surface area contributed by atoms with E-state index in [4.69, 9.17) is 0 Å². The summed E-state index contributed by atoms with van der Waals surface area (Å²) in [5.74, 6) is -0.387. The van der Waals surface area contributed by atoms with Crippen molar-refractivity contribution < 1.29 is 4.39 Å². The third-order valence-electron chi connectivity index (χ3n) is 1.62. The summed E-state index contributed by atoms with van der Waals surface area (Å²) < 4.78 is 14.0. The molecule has 0 amide bonds. The smallest absolute Gasteiger partial charge is 0.274 e. The third-order valence-corrected chi connectivity index (χ3v) is 1.62. The molecule has 0 aliphatic carbocycles. The number of hydrogen-bond acceptors (Lipinski definition) is 2. The van der Waals surface area contributed by atoms with Gasteiger partial charge < -0.3 is 0 Å². The maximum Gasteiger partial charge on any atom is 0.332 e. The fraction of sp³-hybridized carbons (Fsp3) is 0.455. The van der Waals surface area contributed by atoms with Gasteiger partial charge in [-0.25, -0.2) is 9.18 Å². The molecule has 0 atom stereocenters. The zero-order valence-electron chi connectivity index (χ0n) is 9.79. The normalized spacial score (nSPS) is 10.6. The Morgan fingerprint density at radius 1 is 1.50 bits per heavy atom. The van der Waals surface area contributed by atoms with Crippen molar-refractivity contribution in [3.8, 4) is 0 Å².